The summed E-state index contributed by atoms with van der Waals surface area (Å²) < 4.78 is 0. The molecule has 0 aliphatic rings. The van der Waals surface area contributed by atoms with E-state index in [-0.39, 0.29) is 118 Å². The molecule has 0 aromatic rings. The van der Waals surface area contributed by atoms with Crippen LogP contribution in [0.2, 0.25) is 0 Å². The molecule has 0 unspecified atom stereocenters. The van der Waals surface area contributed by atoms with Crippen molar-refractivity contribution in [3.05, 3.63) is 78.7 Å². The summed E-state index contributed by atoms with van der Waals surface area (Å²) in [6.45, 7) is 34.8. The van der Waals surface area contributed by atoms with Gasteiger partial charge in [-0.15, -0.1) is 0 Å². The zero-order chi connectivity index (χ0) is 22.1. The Morgan fingerprint density at radius 1 is 0.265 bits per heavy atom. The van der Waals surface area contributed by atoms with Crippen molar-refractivity contribution in [3.8, 4) is 0 Å². The van der Waals surface area contributed by atoms with Crippen LogP contribution in [0.5, 0.6) is 0 Å². The van der Waals surface area contributed by atoms with Gasteiger partial charge in [0, 0.05) is 0 Å². The molecule has 0 saturated carbocycles. The summed E-state index contributed by atoms with van der Waals surface area (Å²) in [5.74, 6) is 0. The van der Waals surface area contributed by atoms with Crippen LogP contribution in [0.25, 0.3) is 0 Å². The fourth-order valence-corrected chi connectivity index (χ4v) is 0. The molecule has 0 spiro atoms. The molecule has 0 aromatic heterocycles. The average molecular weight is 756 g/mol. The minimum atomic E-state index is 0. The van der Waals surface area contributed by atoms with E-state index in [2.05, 4.69) is 47.5 Å². The maximum absolute atomic E-state index is 7.75. The van der Waals surface area contributed by atoms with E-state index in [0.29, 0.717) is 0 Å². The van der Waals surface area contributed by atoms with Crippen LogP contribution in [0.4, 0.5) is 0 Å². The first kappa shape index (κ1) is 226. The van der Waals surface area contributed by atoms with Crippen molar-refractivity contribution in [1.82, 2.24) is 0 Å². The van der Waals surface area contributed by atoms with Crippen molar-refractivity contribution < 1.29 is 92.0 Å². The molecule has 0 rings (SSSR count). The SMILES string of the molecule is C[CH-]C.C[CH-]C.C[CH-]C.[CH-]=O.[CH-]=O.[CH-]=O.[CH-]=O.[CH-]=O.[CH-]=O.[CH-]=O.[CH3-].[CH3-].[CH3-].[CH3-].[CH3-].[CH3-].[CH3-].[CH3-].[Ru+6].[Ru+6].[Ru+6]. The summed E-state index contributed by atoms with van der Waals surface area (Å²) >= 11 is 0. The second-order valence-electron chi connectivity index (χ2n) is 1.73. The Labute approximate surface area is 258 Å². The zero-order valence-electron chi connectivity index (χ0n) is 23.7. The van der Waals surface area contributed by atoms with Crippen molar-refractivity contribution in [2.45, 2.75) is 41.5 Å². The fourth-order valence-electron chi connectivity index (χ4n) is 0. The quantitative estimate of drug-likeness (QED) is 0.186. The van der Waals surface area contributed by atoms with Gasteiger partial charge in [0.05, 0.1) is 0 Å². The smallest absolute Gasteiger partial charge is 0.545 e. The van der Waals surface area contributed by atoms with Gasteiger partial charge in [0.25, 0.3) is 0 Å². The molecule has 34 heavy (non-hydrogen) atoms. The molecule has 0 aliphatic carbocycles. The van der Waals surface area contributed by atoms with Crippen molar-refractivity contribution in [1.29, 1.82) is 0 Å². The molecule has 0 heterocycles. The van der Waals surface area contributed by atoms with E-state index in [4.69, 9.17) is 33.6 Å². The summed E-state index contributed by atoms with van der Waals surface area (Å²) in [7, 11) is 0. The van der Waals surface area contributed by atoms with Crippen LogP contribution >= 0.6 is 0 Å². The molecular weight excluding hydrogens is 703 g/mol. The molecule has 214 valence electrons. The predicted octanol–water partition coefficient (Wildman–Crippen LogP) is 5.37. The van der Waals surface area contributed by atoms with E-state index in [1.807, 2.05) is 60.8 Å². The number of hydrogen-bond donors (Lipinski definition) is 0. The molecule has 0 radical (unpaired) electrons. The van der Waals surface area contributed by atoms with Crippen molar-refractivity contribution in [2.24, 2.45) is 0 Å². The van der Waals surface area contributed by atoms with Gasteiger partial charge in [-0.1, -0.05) is 0 Å². The fraction of sp³-hybridized carbons (Fsp3) is 0.250. The Morgan fingerprint density at radius 2 is 0.265 bits per heavy atom. The zero-order valence-corrected chi connectivity index (χ0v) is 28.9. The Bertz CT molecular complexity index is 80.6. The van der Waals surface area contributed by atoms with Crippen molar-refractivity contribution in [2.75, 3.05) is 0 Å². The molecule has 0 atom stereocenters. The standard InChI is InChI=1S/3C3H7.7CHO.8CH3.3Ru/c3*1-3-2;7*1-2;;;;;;;;;;;/h3*3H,1-2H3;7*1H;8*1H3;;;/q18*-1;3*+6. The number of hydrogen-bond acceptors (Lipinski definition) is 7. The largest absolute Gasteiger partial charge is 6.00 e. The molecular formula is C24H52O7Ru3. The minimum Gasteiger partial charge on any atom is -0.545 e. The Kier molecular flexibility index (Phi) is 32800. The summed E-state index contributed by atoms with van der Waals surface area (Å²) in [6, 6.07) is 0. The van der Waals surface area contributed by atoms with Crippen molar-refractivity contribution in [3.63, 3.8) is 0 Å². The second kappa shape index (κ2) is 4950. The van der Waals surface area contributed by atoms with Crippen LogP contribution in [0, 0.1) is 78.7 Å². The van der Waals surface area contributed by atoms with E-state index < -0.39 is 0 Å². The van der Waals surface area contributed by atoms with Gasteiger partial charge in [0.15, 0.2) is 0 Å². The van der Waals surface area contributed by atoms with Gasteiger partial charge < -0.3 is 112 Å². The summed E-state index contributed by atoms with van der Waals surface area (Å²) in [5, 5.41) is 0. The first-order chi connectivity index (χ1) is 11.2. The van der Waals surface area contributed by atoms with Crippen LogP contribution in [0.15, 0.2) is 0 Å². The number of carbonyl (C=O) groups excluding carboxylic acids is 7. The van der Waals surface area contributed by atoms with Crippen LogP contribution in [0.1, 0.15) is 41.5 Å². The summed E-state index contributed by atoms with van der Waals surface area (Å²) in [4.78, 5) is 54.2. The summed E-state index contributed by atoms with van der Waals surface area (Å²) in [5.41, 5.74) is 0. The van der Waals surface area contributed by atoms with Crippen LogP contribution < -0.4 is 0 Å². The topological polar surface area (TPSA) is 119 Å². The molecule has 0 N–H and O–H groups in total. The Hall–Kier alpha value is -0.440. The first-order valence-corrected chi connectivity index (χ1v) is 5.11. The minimum absolute atomic E-state index is 0. The maximum atomic E-state index is 7.75. The maximum Gasteiger partial charge on any atom is 6.00 e. The van der Waals surface area contributed by atoms with Crippen LogP contribution in [-0.2, 0) is 92.0 Å². The Morgan fingerprint density at radius 3 is 0.265 bits per heavy atom. The van der Waals surface area contributed by atoms with E-state index in [1.165, 1.54) is 0 Å². The van der Waals surface area contributed by atoms with Gasteiger partial charge in [-0.25, -0.2) is 0 Å². The third kappa shape index (κ3) is 152000. The molecule has 10 heteroatoms. The molecule has 7 nitrogen and oxygen atoms in total. The normalized spacial score (nSPS) is 2.41. The van der Waals surface area contributed by atoms with Gasteiger partial charge in [0.2, 0.25) is 0 Å². The molecule has 0 aliphatic heterocycles. The van der Waals surface area contributed by atoms with E-state index >= 15 is 0 Å². The van der Waals surface area contributed by atoms with Gasteiger partial charge >= 0.3 is 58.4 Å². The number of rotatable bonds is 0. The molecule has 0 saturated heterocycles. The van der Waals surface area contributed by atoms with Gasteiger partial charge in [-0.2, -0.15) is 41.5 Å². The second-order valence-corrected chi connectivity index (χ2v) is 1.73. The summed E-state index contributed by atoms with van der Waals surface area (Å²) in [6.07, 6.45) is 6.00. The van der Waals surface area contributed by atoms with Crippen LogP contribution in [-0.4, -0.2) is 47.5 Å². The van der Waals surface area contributed by atoms with Crippen molar-refractivity contribution >= 4 is 47.5 Å². The third-order valence-electron chi connectivity index (χ3n) is 0. The third-order valence-corrected chi connectivity index (χ3v) is 0. The predicted molar refractivity (Wildman–Crippen MR) is 146 cm³/mol. The molecule has 0 fully saturated rings. The molecule has 0 amide bonds. The van der Waals surface area contributed by atoms with Gasteiger partial charge in [0.1, 0.15) is 0 Å². The monoisotopic (exact) mass is 758 g/mol. The van der Waals surface area contributed by atoms with E-state index in [1.54, 1.807) is 0 Å². The van der Waals surface area contributed by atoms with Crippen LogP contribution in [0.3, 0.4) is 0 Å². The van der Waals surface area contributed by atoms with E-state index in [0.717, 1.165) is 0 Å². The Balaban J connectivity index is -0.00000000282. The first-order valence-electron chi connectivity index (χ1n) is 5.11. The molecule has 0 bridgehead atoms. The van der Waals surface area contributed by atoms with E-state index in [9.17, 15) is 0 Å². The van der Waals surface area contributed by atoms with Gasteiger partial charge in [-0.3, -0.25) is 47.5 Å². The van der Waals surface area contributed by atoms with Gasteiger partial charge in [-0.05, 0) is 0 Å². The average Bonchev–Trinajstić information content (AvgIpc) is 2.68. The molecule has 0 aromatic carbocycles.